The quantitative estimate of drug-likeness (QED) is 0.156. The lowest BCUT2D eigenvalue weighted by molar-refractivity contribution is 0.472. The summed E-state index contributed by atoms with van der Waals surface area (Å²) in [5.74, 6) is 3.67. The summed E-state index contributed by atoms with van der Waals surface area (Å²) in [5, 5.41) is 5.18. The van der Waals surface area contributed by atoms with Gasteiger partial charge in [0.15, 0.2) is 0 Å². The van der Waals surface area contributed by atoms with Crippen molar-refractivity contribution in [2.24, 2.45) is 0 Å². The Morgan fingerprint density at radius 3 is 1.19 bits per heavy atom. The zero-order valence-electron chi connectivity index (χ0n) is 38.7. The van der Waals surface area contributed by atoms with Crippen LogP contribution < -0.4 is 42.3 Å². The monoisotopic (exact) mass is 872 g/mol. The van der Waals surface area contributed by atoms with Crippen LogP contribution in [-0.4, -0.2) is 22.6 Å². The number of rotatable bonds is 6. The first-order valence-corrected chi connectivity index (χ1v) is 24.7. The lowest BCUT2D eigenvalue weighted by atomic mass is 9.31. The zero-order chi connectivity index (χ0) is 45.1. The van der Waals surface area contributed by atoms with Gasteiger partial charge in [0.2, 0.25) is 0 Å². The van der Waals surface area contributed by atoms with E-state index in [-0.39, 0.29) is 13.4 Å². The molecule has 6 heterocycles. The number of hydrogen-bond acceptors (Lipinski definition) is 2. The smallest absolute Gasteiger partial charge is 0.256 e. The number of hydrogen-bond donors (Lipinski definition) is 0. The van der Waals surface area contributed by atoms with Gasteiger partial charge in [0.1, 0.15) is 23.0 Å². The predicted molar refractivity (Wildman–Crippen MR) is 286 cm³/mol. The van der Waals surface area contributed by atoms with Crippen molar-refractivity contribution in [3.05, 3.63) is 180 Å². The van der Waals surface area contributed by atoms with Crippen LogP contribution in [0.25, 0.3) is 77.2 Å². The zero-order valence-corrected chi connectivity index (χ0v) is 38.7. The van der Waals surface area contributed by atoms with Gasteiger partial charge in [0.05, 0.1) is 22.4 Å². The molecule has 0 saturated carbocycles. The van der Waals surface area contributed by atoms with Crippen LogP contribution >= 0.6 is 0 Å². The molecule has 68 heavy (non-hydrogen) atoms. The first-order valence-electron chi connectivity index (χ1n) is 24.7. The maximum absolute atomic E-state index is 7.78. The molecule has 15 rings (SSSR count). The summed E-state index contributed by atoms with van der Waals surface area (Å²) in [6.45, 7) is 8.88. The van der Waals surface area contributed by atoms with Crippen molar-refractivity contribution >= 4 is 89.8 Å². The molecule has 4 aliphatic rings. The van der Waals surface area contributed by atoms with Crippen LogP contribution in [0.2, 0.25) is 0 Å². The van der Waals surface area contributed by atoms with Gasteiger partial charge in [-0.2, -0.15) is 0 Å². The lowest BCUT2D eigenvalue weighted by Gasteiger charge is -2.41. The minimum Gasteiger partial charge on any atom is -0.456 e. The van der Waals surface area contributed by atoms with Crippen molar-refractivity contribution in [2.75, 3.05) is 0 Å². The van der Waals surface area contributed by atoms with Crippen LogP contribution in [0.3, 0.4) is 0 Å². The lowest BCUT2D eigenvalue weighted by Crippen LogP contribution is -2.63. The van der Waals surface area contributed by atoms with E-state index in [9.17, 15) is 0 Å². The van der Waals surface area contributed by atoms with Crippen molar-refractivity contribution in [3.8, 4) is 56.6 Å². The molecule has 2 aromatic heterocycles. The van der Waals surface area contributed by atoms with E-state index in [0.29, 0.717) is 0 Å². The Balaban J connectivity index is 1.15. The van der Waals surface area contributed by atoms with Gasteiger partial charge in [-0.05, 0) is 141 Å². The van der Waals surface area contributed by atoms with E-state index in [1.54, 1.807) is 0 Å². The average molecular weight is 873 g/mol. The van der Waals surface area contributed by atoms with E-state index < -0.39 is 0 Å². The first-order chi connectivity index (χ1) is 33.5. The molecule has 0 fully saturated rings. The largest absolute Gasteiger partial charge is 0.456 e. The minimum absolute atomic E-state index is 0.112. The highest BCUT2D eigenvalue weighted by Gasteiger charge is 2.50. The van der Waals surface area contributed by atoms with E-state index in [1.807, 2.05) is 0 Å². The number of benzene rings is 9. The Morgan fingerprint density at radius 2 is 0.779 bits per heavy atom. The summed E-state index contributed by atoms with van der Waals surface area (Å²) in [4.78, 5) is 0. The second-order valence-electron chi connectivity index (χ2n) is 19.4. The van der Waals surface area contributed by atoms with Crippen molar-refractivity contribution in [1.82, 2.24) is 9.13 Å². The summed E-state index contributed by atoms with van der Waals surface area (Å²) < 4.78 is 20.7. The van der Waals surface area contributed by atoms with Crippen LogP contribution in [0.4, 0.5) is 0 Å². The average Bonchev–Trinajstić information content (AvgIpc) is 3.90. The minimum atomic E-state index is -0.112. The fraction of sp³-hybridized carbons (Fsp3) is 0.129. The van der Waals surface area contributed by atoms with Gasteiger partial charge in [-0.15, -0.1) is 0 Å². The molecule has 0 atom stereocenters. The third kappa shape index (κ3) is 4.97. The van der Waals surface area contributed by atoms with Gasteiger partial charge in [0, 0.05) is 43.5 Å². The number of aryl methyl sites for hydroxylation is 4. The van der Waals surface area contributed by atoms with E-state index in [4.69, 9.17) is 9.47 Å². The van der Waals surface area contributed by atoms with Crippen molar-refractivity contribution in [1.29, 1.82) is 0 Å². The highest BCUT2D eigenvalue weighted by Crippen LogP contribution is 2.49. The van der Waals surface area contributed by atoms with Gasteiger partial charge in [0.25, 0.3) is 13.4 Å². The van der Waals surface area contributed by atoms with E-state index in [2.05, 4.69) is 195 Å². The third-order valence-corrected chi connectivity index (χ3v) is 16.0. The molecule has 322 valence electrons. The molecule has 9 aromatic carbocycles. The summed E-state index contributed by atoms with van der Waals surface area (Å²) in [6, 6.07) is 59.6. The van der Waals surface area contributed by atoms with Crippen LogP contribution in [0.1, 0.15) is 49.9 Å². The molecular formula is C62H46B2N2O2. The molecule has 0 bridgehead atoms. The number of fused-ring (bicyclic) bond motifs is 16. The Morgan fingerprint density at radius 1 is 0.368 bits per heavy atom. The Labute approximate surface area is 396 Å². The molecule has 4 nitrogen and oxygen atoms in total. The van der Waals surface area contributed by atoms with Crippen molar-refractivity contribution < 1.29 is 9.47 Å². The van der Waals surface area contributed by atoms with E-state index >= 15 is 0 Å². The van der Waals surface area contributed by atoms with Crippen LogP contribution in [0, 0.1) is 0 Å². The Kier molecular flexibility index (Phi) is 7.87. The number of ether oxygens (including phenoxy) is 2. The third-order valence-electron chi connectivity index (χ3n) is 16.0. The standard InChI is InChI=1S/C62H46B2N2O2/c1-5-35-19-25-51-43(27-35)45-29-37(7-3)31-49-57(45)65(51)59-55-62(68-53-33-41(21-23-47(53)63(49)55)39-15-11-9-12-16-39)60-56-61(59)67-54-34-42(40-17-13-10-14-18-40)22-24-48(54)64(56)50-32-38(8-4)30-46-44-28-36(6-2)20-26-52(44)66(60)58(46)50/h9-34H,5-8H2,1-4H3. The highest BCUT2D eigenvalue weighted by atomic mass is 16.5. The summed E-state index contributed by atoms with van der Waals surface area (Å²) in [7, 11) is 0. The van der Waals surface area contributed by atoms with Crippen molar-refractivity contribution in [2.45, 2.75) is 53.4 Å². The molecule has 0 unspecified atom stereocenters. The van der Waals surface area contributed by atoms with Gasteiger partial charge in [-0.3, -0.25) is 0 Å². The Hall–Kier alpha value is -7.69. The number of aromatic nitrogens is 2. The molecule has 0 amide bonds. The SMILES string of the molecule is CCc1ccc2c(c1)c1cc(CC)cc3c1n2-c1c2c4c(c5c1B3c1ccc(-c3ccccc3)cc1O5)-n1c3ccc(CC)cc3c3cc(CC)cc(c31)B4c1ccc(-c3ccccc3)cc1O2. The van der Waals surface area contributed by atoms with Crippen LogP contribution in [-0.2, 0) is 25.7 Å². The molecule has 6 heteroatoms. The Bertz CT molecular complexity index is 3770. The van der Waals surface area contributed by atoms with Crippen LogP contribution in [0.15, 0.2) is 158 Å². The molecule has 11 aromatic rings. The first kappa shape index (κ1) is 38.4. The molecule has 0 aliphatic carbocycles. The molecule has 4 aliphatic heterocycles. The van der Waals surface area contributed by atoms with Crippen molar-refractivity contribution in [3.63, 3.8) is 0 Å². The van der Waals surface area contributed by atoms with Gasteiger partial charge in [-0.25, -0.2) is 0 Å². The summed E-state index contributed by atoms with van der Waals surface area (Å²) in [6.07, 6.45) is 3.82. The van der Waals surface area contributed by atoms with Gasteiger partial charge >= 0.3 is 0 Å². The van der Waals surface area contributed by atoms with Crippen LogP contribution in [0.5, 0.6) is 23.0 Å². The second-order valence-corrected chi connectivity index (χ2v) is 19.4. The van der Waals surface area contributed by atoms with E-state index in [0.717, 1.165) is 71.2 Å². The fourth-order valence-corrected chi connectivity index (χ4v) is 12.8. The molecule has 0 radical (unpaired) electrons. The number of nitrogens with zero attached hydrogens (tertiary/aromatic N) is 2. The molecule has 0 saturated heterocycles. The second kappa shape index (κ2) is 13.9. The normalized spacial score (nSPS) is 13.4. The molecule has 0 spiro atoms. The predicted octanol–water partition coefficient (Wildman–Crippen LogP) is 11.3. The maximum atomic E-state index is 7.78. The van der Waals surface area contributed by atoms with Gasteiger partial charge < -0.3 is 18.6 Å². The summed E-state index contributed by atoms with van der Waals surface area (Å²) >= 11 is 0. The fourth-order valence-electron chi connectivity index (χ4n) is 12.8. The molecule has 0 N–H and O–H groups in total. The topological polar surface area (TPSA) is 28.3 Å². The van der Waals surface area contributed by atoms with E-state index in [1.165, 1.54) is 110 Å². The summed E-state index contributed by atoms with van der Waals surface area (Å²) in [5.41, 5.74) is 24.5. The highest BCUT2D eigenvalue weighted by molar-refractivity contribution is 7.02. The molecular weight excluding hydrogens is 826 g/mol. The maximum Gasteiger partial charge on any atom is 0.256 e. The van der Waals surface area contributed by atoms with Gasteiger partial charge in [-0.1, -0.05) is 137 Å².